The maximum Gasteiger partial charge on any atom is 0.317 e. The standard InChI is InChI=1S/C10H13N5O/c1-14(2)10-4-3-5-15(10)8-16-13-9(6-11)7-12/h10H,3-5H2,1-2H3. The van der Waals surface area contributed by atoms with Gasteiger partial charge < -0.3 is 4.84 Å². The molecule has 1 unspecified atom stereocenters. The van der Waals surface area contributed by atoms with Gasteiger partial charge in [0.1, 0.15) is 12.1 Å². The van der Waals surface area contributed by atoms with Crippen molar-refractivity contribution >= 4 is 5.71 Å². The molecule has 1 atom stereocenters. The monoisotopic (exact) mass is 219 g/mol. The minimum absolute atomic E-state index is 0.239. The zero-order valence-electron chi connectivity index (χ0n) is 9.34. The Labute approximate surface area is 95.3 Å². The Morgan fingerprint density at radius 1 is 1.44 bits per heavy atom. The first-order valence-electron chi connectivity index (χ1n) is 4.92. The van der Waals surface area contributed by atoms with E-state index in [1.54, 1.807) is 12.1 Å². The molecule has 6 nitrogen and oxygen atoms in total. The summed E-state index contributed by atoms with van der Waals surface area (Å²) in [6.07, 6.45) is 2.34. The highest BCUT2D eigenvalue weighted by Gasteiger charge is 2.27. The molecule has 0 bridgehead atoms. The lowest BCUT2D eigenvalue weighted by atomic mass is 10.3. The van der Waals surface area contributed by atoms with Gasteiger partial charge in [0.15, 0.2) is 0 Å². The van der Waals surface area contributed by atoms with Crippen LogP contribution in [-0.2, 0) is 4.84 Å². The van der Waals surface area contributed by atoms with Gasteiger partial charge >= 0.3 is 6.73 Å². The molecule has 1 heterocycles. The second-order valence-electron chi connectivity index (χ2n) is 3.63. The molecule has 0 aromatic carbocycles. The first-order chi connectivity index (χ1) is 7.69. The first kappa shape index (κ1) is 12.4. The molecule has 1 saturated heterocycles. The average molecular weight is 219 g/mol. The summed E-state index contributed by atoms with van der Waals surface area (Å²) in [6, 6.07) is 3.21. The Bertz CT molecular complexity index is 322. The molecule has 2 radical (unpaired) electrons. The number of oxime groups is 1. The smallest absolute Gasteiger partial charge is 0.317 e. The number of rotatable bonds is 4. The van der Waals surface area contributed by atoms with E-state index in [1.807, 2.05) is 19.0 Å². The Morgan fingerprint density at radius 3 is 2.69 bits per heavy atom. The number of nitrogens with zero attached hydrogens (tertiary/aromatic N) is 5. The van der Waals surface area contributed by atoms with Crippen molar-refractivity contribution in [3.63, 3.8) is 0 Å². The predicted molar refractivity (Wildman–Crippen MR) is 56.4 cm³/mol. The number of hydrogen-bond donors (Lipinski definition) is 0. The molecule has 1 aliphatic rings. The second-order valence-corrected chi connectivity index (χ2v) is 3.63. The van der Waals surface area contributed by atoms with E-state index in [-0.39, 0.29) is 11.9 Å². The van der Waals surface area contributed by atoms with Crippen LogP contribution < -0.4 is 0 Å². The molecule has 1 rings (SSSR count). The molecule has 16 heavy (non-hydrogen) atoms. The van der Waals surface area contributed by atoms with E-state index < -0.39 is 0 Å². The summed E-state index contributed by atoms with van der Waals surface area (Å²) in [7, 11) is 3.95. The summed E-state index contributed by atoms with van der Waals surface area (Å²) in [4.78, 5) is 8.66. The van der Waals surface area contributed by atoms with E-state index in [0.29, 0.717) is 0 Å². The summed E-state index contributed by atoms with van der Waals surface area (Å²) in [5.74, 6) is 0. The van der Waals surface area contributed by atoms with Gasteiger partial charge in [-0.15, -0.1) is 0 Å². The topological polar surface area (TPSA) is 75.7 Å². The van der Waals surface area contributed by atoms with E-state index >= 15 is 0 Å². The van der Waals surface area contributed by atoms with Gasteiger partial charge in [-0.05, 0) is 26.9 Å². The van der Waals surface area contributed by atoms with Crippen molar-refractivity contribution in [1.82, 2.24) is 9.80 Å². The largest absolute Gasteiger partial charge is 0.358 e. The molecule has 84 valence electrons. The van der Waals surface area contributed by atoms with E-state index in [4.69, 9.17) is 15.4 Å². The Balaban J connectivity index is 2.42. The molecule has 1 fully saturated rings. The highest BCUT2D eigenvalue weighted by atomic mass is 16.6. The third-order valence-electron chi connectivity index (χ3n) is 2.32. The summed E-state index contributed by atoms with van der Waals surface area (Å²) in [5, 5.41) is 20.2. The van der Waals surface area contributed by atoms with Crippen molar-refractivity contribution in [3.05, 3.63) is 6.73 Å². The Morgan fingerprint density at radius 2 is 2.12 bits per heavy atom. The zero-order chi connectivity index (χ0) is 12.0. The van der Waals surface area contributed by atoms with Gasteiger partial charge in [0.05, 0.1) is 6.17 Å². The molecular weight excluding hydrogens is 206 g/mol. The minimum atomic E-state index is -0.312. The molecule has 0 amide bonds. The summed E-state index contributed by atoms with van der Waals surface area (Å²) in [6.45, 7) is 3.45. The van der Waals surface area contributed by atoms with Crippen LogP contribution in [0, 0.1) is 29.4 Å². The maximum absolute atomic E-state index is 8.43. The lowest BCUT2D eigenvalue weighted by molar-refractivity contribution is 0.0500. The van der Waals surface area contributed by atoms with Crippen molar-refractivity contribution in [2.45, 2.75) is 19.0 Å². The molecule has 0 aliphatic carbocycles. The Kier molecular flexibility index (Phi) is 4.71. The molecule has 0 spiro atoms. The third-order valence-corrected chi connectivity index (χ3v) is 2.32. The highest BCUT2D eigenvalue weighted by Crippen LogP contribution is 2.20. The van der Waals surface area contributed by atoms with Gasteiger partial charge in [0.25, 0.3) is 5.71 Å². The summed E-state index contributed by atoms with van der Waals surface area (Å²) < 4.78 is 0. The van der Waals surface area contributed by atoms with E-state index in [2.05, 4.69) is 16.8 Å². The van der Waals surface area contributed by atoms with E-state index in [1.165, 1.54) is 0 Å². The maximum atomic E-state index is 8.43. The van der Waals surface area contributed by atoms with E-state index in [0.717, 1.165) is 19.4 Å². The first-order valence-corrected chi connectivity index (χ1v) is 4.92. The average Bonchev–Trinajstić information content (AvgIpc) is 2.72. The van der Waals surface area contributed by atoms with Gasteiger partial charge in [-0.25, -0.2) is 4.90 Å². The van der Waals surface area contributed by atoms with Crippen LogP contribution in [0.15, 0.2) is 5.16 Å². The van der Waals surface area contributed by atoms with Crippen LogP contribution in [0.4, 0.5) is 0 Å². The quantitative estimate of drug-likeness (QED) is 0.505. The van der Waals surface area contributed by atoms with Crippen molar-refractivity contribution in [1.29, 1.82) is 10.5 Å². The van der Waals surface area contributed by atoms with E-state index in [9.17, 15) is 0 Å². The fourth-order valence-electron chi connectivity index (χ4n) is 1.58. The molecule has 0 aromatic heterocycles. The fraction of sp³-hybridized carbons (Fsp3) is 0.600. The van der Waals surface area contributed by atoms with Gasteiger partial charge in [0, 0.05) is 6.54 Å². The lowest BCUT2D eigenvalue weighted by Crippen LogP contribution is -2.38. The molecule has 6 heteroatoms. The second kappa shape index (κ2) is 6.06. The van der Waals surface area contributed by atoms with Crippen molar-refractivity contribution in [2.24, 2.45) is 5.16 Å². The van der Waals surface area contributed by atoms with Crippen molar-refractivity contribution in [2.75, 3.05) is 20.6 Å². The molecule has 0 saturated carbocycles. The molecule has 1 aliphatic heterocycles. The van der Waals surface area contributed by atoms with Crippen LogP contribution in [0.1, 0.15) is 12.8 Å². The Hall–Kier alpha value is -1.63. The number of likely N-dealkylation sites (tertiary alicyclic amines) is 1. The van der Waals surface area contributed by atoms with Crippen LogP contribution in [0.25, 0.3) is 0 Å². The van der Waals surface area contributed by atoms with Crippen LogP contribution >= 0.6 is 0 Å². The van der Waals surface area contributed by atoms with Crippen LogP contribution in [0.3, 0.4) is 0 Å². The predicted octanol–water partition coefficient (Wildman–Crippen LogP) is 0.386. The molecular formula is C10H13N5O. The number of hydrogen-bond acceptors (Lipinski definition) is 6. The highest BCUT2D eigenvalue weighted by molar-refractivity contribution is 6.09. The van der Waals surface area contributed by atoms with Crippen LogP contribution in [0.5, 0.6) is 0 Å². The van der Waals surface area contributed by atoms with Crippen LogP contribution in [0.2, 0.25) is 0 Å². The zero-order valence-corrected chi connectivity index (χ0v) is 9.34. The fourth-order valence-corrected chi connectivity index (χ4v) is 1.58. The van der Waals surface area contributed by atoms with Gasteiger partial charge in [-0.3, -0.25) is 4.90 Å². The van der Waals surface area contributed by atoms with Gasteiger partial charge in [0.2, 0.25) is 0 Å². The normalized spacial score (nSPS) is 20.2. The minimum Gasteiger partial charge on any atom is -0.358 e. The lowest BCUT2D eigenvalue weighted by Gasteiger charge is -2.26. The van der Waals surface area contributed by atoms with Gasteiger partial charge in [-0.2, -0.15) is 10.5 Å². The van der Waals surface area contributed by atoms with Crippen molar-refractivity contribution in [3.8, 4) is 12.1 Å². The summed E-state index contributed by atoms with van der Waals surface area (Å²) >= 11 is 0. The number of nitriles is 2. The van der Waals surface area contributed by atoms with Crippen molar-refractivity contribution < 1.29 is 4.84 Å². The third kappa shape index (κ3) is 3.20. The molecule has 0 N–H and O–H groups in total. The van der Waals surface area contributed by atoms with Gasteiger partial charge in [-0.1, -0.05) is 5.16 Å². The summed E-state index contributed by atoms with van der Waals surface area (Å²) in [5.41, 5.74) is -0.312. The van der Waals surface area contributed by atoms with Crippen LogP contribution in [-0.4, -0.2) is 42.3 Å². The SMILES string of the molecule is CN(C)C1CCCN1[C]ON=C(C#N)C#N. The molecule has 0 aromatic rings.